The van der Waals surface area contributed by atoms with Crippen LogP contribution in [-0.2, 0) is 0 Å². The molecule has 6 nitrogen and oxygen atoms in total. The van der Waals surface area contributed by atoms with E-state index in [-0.39, 0.29) is 5.56 Å². The highest BCUT2D eigenvalue weighted by atomic mass is 16.4. The van der Waals surface area contributed by atoms with Gasteiger partial charge in [-0.05, 0) is 13.0 Å². The summed E-state index contributed by atoms with van der Waals surface area (Å²) in [4.78, 5) is 13.7. The molecule has 0 saturated carbocycles. The molecule has 2 rings (SSSR count). The van der Waals surface area contributed by atoms with E-state index in [4.69, 9.17) is 5.11 Å². The summed E-state index contributed by atoms with van der Waals surface area (Å²) in [6.45, 7) is 1.70. The molecular weight excluding hydrogens is 184 g/mol. The van der Waals surface area contributed by atoms with Crippen LogP contribution in [0, 0.1) is 6.92 Å². The van der Waals surface area contributed by atoms with Crippen molar-refractivity contribution in [2.75, 3.05) is 0 Å². The van der Waals surface area contributed by atoms with E-state index in [0.29, 0.717) is 17.1 Å². The SMILES string of the molecule is Cc1[nH]c(-c2cn[nH]n2)cc1C(=O)O. The molecule has 0 unspecified atom stereocenters. The molecule has 6 heteroatoms. The van der Waals surface area contributed by atoms with Crippen LogP contribution in [0.5, 0.6) is 0 Å². The number of nitrogens with one attached hydrogen (secondary N) is 2. The summed E-state index contributed by atoms with van der Waals surface area (Å²) in [6, 6.07) is 1.54. The Balaban J connectivity index is 2.48. The lowest BCUT2D eigenvalue weighted by Crippen LogP contribution is -1.95. The lowest BCUT2D eigenvalue weighted by Gasteiger charge is -1.87. The van der Waals surface area contributed by atoms with Crippen LogP contribution in [0.1, 0.15) is 16.1 Å². The predicted molar refractivity (Wildman–Crippen MR) is 47.9 cm³/mol. The smallest absolute Gasteiger partial charge is 0.337 e. The Hall–Kier alpha value is -2.11. The Morgan fingerprint density at radius 2 is 2.36 bits per heavy atom. The third-order valence-corrected chi connectivity index (χ3v) is 1.94. The van der Waals surface area contributed by atoms with Crippen molar-refractivity contribution in [3.8, 4) is 11.4 Å². The number of nitrogens with zero attached hydrogens (tertiary/aromatic N) is 2. The Bertz CT molecular complexity index is 458. The van der Waals surface area contributed by atoms with Crippen LogP contribution >= 0.6 is 0 Å². The fourth-order valence-electron chi connectivity index (χ4n) is 1.25. The van der Waals surface area contributed by atoms with Crippen molar-refractivity contribution in [2.45, 2.75) is 6.92 Å². The van der Waals surface area contributed by atoms with Crippen LogP contribution in [0.3, 0.4) is 0 Å². The summed E-state index contributed by atoms with van der Waals surface area (Å²) in [5, 5.41) is 18.8. The summed E-state index contributed by atoms with van der Waals surface area (Å²) in [7, 11) is 0. The van der Waals surface area contributed by atoms with Gasteiger partial charge in [-0.2, -0.15) is 15.4 Å². The Kier molecular flexibility index (Phi) is 1.81. The molecule has 0 spiro atoms. The molecule has 0 amide bonds. The number of aromatic amines is 2. The van der Waals surface area contributed by atoms with Gasteiger partial charge in [0.05, 0.1) is 17.5 Å². The van der Waals surface area contributed by atoms with Gasteiger partial charge >= 0.3 is 5.97 Å². The Labute approximate surface area is 79.0 Å². The van der Waals surface area contributed by atoms with Gasteiger partial charge < -0.3 is 10.1 Å². The third-order valence-electron chi connectivity index (χ3n) is 1.94. The number of carbonyl (C=O) groups is 1. The summed E-state index contributed by atoms with van der Waals surface area (Å²) < 4.78 is 0. The zero-order chi connectivity index (χ0) is 10.1. The number of carboxylic acid groups (broad SMARTS) is 1. The largest absolute Gasteiger partial charge is 0.478 e. The molecule has 2 aromatic heterocycles. The zero-order valence-electron chi connectivity index (χ0n) is 7.40. The van der Waals surface area contributed by atoms with Crippen molar-refractivity contribution in [3.05, 3.63) is 23.5 Å². The zero-order valence-corrected chi connectivity index (χ0v) is 7.40. The standard InChI is InChI=1S/C8H8N4O2/c1-4-5(8(13)14)2-6(10-4)7-3-9-12-11-7/h2-3,10H,1H3,(H,13,14)(H,9,11,12). The molecule has 0 atom stereocenters. The highest BCUT2D eigenvalue weighted by molar-refractivity contribution is 5.90. The first-order valence-electron chi connectivity index (χ1n) is 3.97. The summed E-state index contributed by atoms with van der Waals surface area (Å²) >= 11 is 0. The second kappa shape index (κ2) is 2.99. The molecule has 0 saturated heterocycles. The van der Waals surface area contributed by atoms with Gasteiger partial charge in [0.2, 0.25) is 0 Å². The van der Waals surface area contributed by atoms with E-state index in [1.165, 1.54) is 12.3 Å². The number of aromatic nitrogens is 4. The molecule has 0 aliphatic carbocycles. The average Bonchev–Trinajstić information content (AvgIpc) is 2.70. The van der Waals surface area contributed by atoms with Crippen molar-refractivity contribution < 1.29 is 9.90 Å². The van der Waals surface area contributed by atoms with Gasteiger partial charge in [0.25, 0.3) is 0 Å². The van der Waals surface area contributed by atoms with Crippen molar-refractivity contribution in [3.63, 3.8) is 0 Å². The maximum absolute atomic E-state index is 10.7. The number of carboxylic acids is 1. The maximum atomic E-state index is 10.7. The number of hydrogen-bond donors (Lipinski definition) is 3. The van der Waals surface area contributed by atoms with Crippen molar-refractivity contribution in [2.24, 2.45) is 0 Å². The van der Waals surface area contributed by atoms with Gasteiger partial charge in [-0.25, -0.2) is 4.79 Å². The molecule has 0 aliphatic heterocycles. The molecule has 0 radical (unpaired) electrons. The molecule has 0 fully saturated rings. The monoisotopic (exact) mass is 192 g/mol. The van der Waals surface area contributed by atoms with E-state index in [0.717, 1.165) is 0 Å². The van der Waals surface area contributed by atoms with E-state index in [1.54, 1.807) is 6.92 Å². The topological polar surface area (TPSA) is 94.7 Å². The molecular formula is C8H8N4O2. The number of hydrogen-bond acceptors (Lipinski definition) is 3. The van der Waals surface area contributed by atoms with E-state index >= 15 is 0 Å². The van der Waals surface area contributed by atoms with Gasteiger partial charge in [0, 0.05) is 5.69 Å². The predicted octanol–water partition coefficient (Wildman–Crippen LogP) is 0.806. The number of H-pyrrole nitrogens is 2. The van der Waals surface area contributed by atoms with E-state index in [1.807, 2.05) is 0 Å². The van der Waals surface area contributed by atoms with E-state index < -0.39 is 5.97 Å². The minimum absolute atomic E-state index is 0.253. The van der Waals surface area contributed by atoms with E-state index in [2.05, 4.69) is 20.4 Å². The normalized spacial score (nSPS) is 10.4. The number of aromatic carboxylic acids is 1. The minimum atomic E-state index is -0.950. The second-order valence-electron chi connectivity index (χ2n) is 2.88. The summed E-state index contributed by atoms with van der Waals surface area (Å²) in [5.74, 6) is -0.950. The minimum Gasteiger partial charge on any atom is -0.478 e. The van der Waals surface area contributed by atoms with Gasteiger partial charge in [0.1, 0.15) is 5.69 Å². The summed E-state index contributed by atoms with van der Waals surface area (Å²) in [6.07, 6.45) is 1.52. The van der Waals surface area contributed by atoms with Crippen LogP contribution in [0.25, 0.3) is 11.4 Å². The molecule has 3 N–H and O–H groups in total. The highest BCUT2D eigenvalue weighted by Crippen LogP contribution is 2.18. The molecule has 2 aromatic rings. The van der Waals surface area contributed by atoms with Gasteiger partial charge in [-0.15, -0.1) is 0 Å². The quantitative estimate of drug-likeness (QED) is 0.656. The van der Waals surface area contributed by atoms with Gasteiger partial charge in [-0.1, -0.05) is 0 Å². The first-order valence-corrected chi connectivity index (χ1v) is 3.97. The Morgan fingerprint density at radius 1 is 1.57 bits per heavy atom. The average molecular weight is 192 g/mol. The summed E-state index contributed by atoms with van der Waals surface area (Å²) in [5.41, 5.74) is 2.10. The molecule has 0 aliphatic rings. The van der Waals surface area contributed by atoms with Gasteiger partial charge in [-0.3, -0.25) is 0 Å². The lowest BCUT2D eigenvalue weighted by molar-refractivity contribution is 0.0696. The third kappa shape index (κ3) is 1.26. The van der Waals surface area contributed by atoms with Crippen molar-refractivity contribution in [1.82, 2.24) is 20.4 Å². The van der Waals surface area contributed by atoms with Crippen LogP contribution in [0.15, 0.2) is 12.3 Å². The highest BCUT2D eigenvalue weighted by Gasteiger charge is 2.12. The first kappa shape index (κ1) is 8.49. The fourth-order valence-corrected chi connectivity index (χ4v) is 1.25. The van der Waals surface area contributed by atoms with Gasteiger partial charge in [0.15, 0.2) is 0 Å². The molecule has 0 aromatic carbocycles. The number of rotatable bonds is 2. The first-order chi connectivity index (χ1) is 6.68. The molecule has 72 valence electrons. The maximum Gasteiger partial charge on any atom is 0.337 e. The molecule has 2 heterocycles. The van der Waals surface area contributed by atoms with Crippen molar-refractivity contribution in [1.29, 1.82) is 0 Å². The number of aryl methyl sites for hydroxylation is 1. The molecule has 0 bridgehead atoms. The lowest BCUT2D eigenvalue weighted by atomic mass is 10.2. The second-order valence-corrected chi connectivity index (χ2v) is 2.88. The van der Waals surface area contributed by atoms with E-state index in [9.17, 15) is 4.79 Å². The van der Waals surface area contributed by atoms with Crippen LogP contribution in [0.4, 0.5) is 0 Å². The van der Waals surface area contributed by atoms with Crippen LogP contribution in [-0.4, -0.2) is 31.5 Å². The van der Waals surface area contributed by atoms with Crippen LogP contribution < -0.4 is 0 Å². The fraction of sp³-hybridized carbons (Fsp3) is 0.125. The molecule has 14 heavy (non-hydrogen) atoms. The Morgan fingerprint density at radius 3 is 2.86 bits per heavy atom. The van der Waals surface area contributed by atoms with Crippen LogP contribution in [0.2, 0.25) is 0 Å². The van der Waals surface area contributed by atoms with Crippen molar-refractivity contribution >= 4 is 5.97 Å².